The van der Waals surface area contributed by atoms with Gasteiger partial charge < -0.3 is 15.4 Å². The van der Waals surface area contributed by atoms with Crippen LogP contribution in [0.25, 0.3) is 0 Å². The van der Waals surface area contributed by atoms with Crippen molar-refractivity contribution in [3.05, 3.63) is 77.9 Å². The summed E-state index contributed by atoms with van der Waals surface area (Å²) in [6.45, 7) is 2.05. The van der Waals surface area contributed by atoms with Crippen LogP contribution in [-0.2, 0) is 0 Å². The average Bonchev–Trinajstić information content (AvgIpc) is 2.70. The average molecular weight is 348 g/mol. The summed E-state index contributed by atoms with van der Waals surface area (Å²) in [5.41, 5.74) is 1.60. The number of amides is 1. The van der Waals surface area contributed by atoms with Crippen molar-refractivity contribution in [2.24, 2.45) is 0 Å². The van der Waals surface area contributed by atoms with Gasteiger partial charge in [-0.15, -0.1) is 10.2 Å². The fourth-order valence-corrected chi connectivity index (χ4v) is 2.54. The van der Waals surface area contributed by atoms with Crippen molar-refractivity contribution >= 4 is 17.5 Å². The van der Waals surface area contributed by atoms with E-state index in [0.29, 0.717) is 22.9 Å². The lowest BCUT2D eigenvalue weighted by Gasteiger charge is -2.14. The SMILES string of the molecule is COc1ccccc1C(=O)Nc1ccc(NC(C)c2ccccc2)nn1. The Morgan fingerprint density at radius 2 is 1.58 bits per heavy atom. The number of rotatable bonds is 6. The van der Waals surface area contributed by atoms with Crippen LogP contribution in [0.15, 0.2) is 66.7 Å². The molecule has 1 atom stereocenters. The van der Waals surface area contributed by atoms with Gasteiger partial charge in [0.25, 0.3) is 5.91 Å². The Bertz CT molecular complexity index is 866. The lowest BCUT2D eigenvalue weighted by molar-refractivity contribution is 0.102. The van der Waals surface area contributed by atoms with Crippen molar-refractivity contribution in [1.82, 2.24) is 10.2 Å². The molecule has 0 radical (unpaired) electrons. The summed E-state index contributed by atoms with van der Waals surface area (Å²) < 4.78 is 5.20. The summed E-state index contributed by atoms with van der Waals surface area (Å²) in [5.74, 6) is 1.22. The Morgan fingerprint density at radius 3 is 2.27 bits per heavy atom. The van der Waals surface area contributed by atoms with Gasteiger partial charge in [-0.3, -0.25) is 4.79 Å². The molecule has 0 spiro atoms. The molecule has 1 amide bonds. The summed E-state index contributed by atoms with van der Waals surface area (Å²) in [4.78, 5) is 12.4. The fraction of sp³-hybridized carbons (Fsp3) is 0.150. The third kappa shape index (κ3) is 4.16. The molecule has 0 fully saturated rings. The smallest absolute Gasteiger partial charge is 0.260 e. The van der Waals surface area contributed by atoms with Crippen molar-refractivity contribution in [3.8, 4) is 5.75 Å². The second-order valence-corrected chi connectivity index (χ2v) is 5.73. The van der Waals surface area contributed by atoms with Gasteiger partial charge in [-0.1, -0.05) is 42.5 Å². The fourth-order valence-electron chi connectivity index (χ4n) is 2.54. The zero-order chi connectivity index (χ0) is 18.4. The van der Waals surface area contributed by atoms with E-state index in [2.05, 4.69) is 20.8 Å². The third-order valence-electron chi connectivity index (χ3n) is 3.92. The number of hydrogen-bond acceptors (Lipinski definition) is 5. The molecule has 0 aliphatic rings. The third-order valence-corrected chi connectivity index (χ3v) is 3.92. The summed E-state index contributed by atoms with van der Waals surface area (Å²) in [6, 6.07) is 20.7. The van der Waals surface area contributed by atoms with Crippen molar-refractivity contribution in [2.75, 3.05) is 17.7 Å². The summed E-state index contributed by atoms with van der Waals surface area (Å²) in [5, 5.41) is 14.2. The zero-order valence-electron chi connectivity index (χ0n) is 14.6. The maximum absolute atomic E-state index is 12.4. The largest absolute Gasteiger partial charge is 0.496 e. The quantitative estimate of drug-likeness (QED) is 0.706. The summed E-state index contributed by atoms with van der Waals surface area (Å²) in [6.07, 6.45) is 0. The molecular weight excluding hydrogens is 328 g/mol. The van der Waals surface area contributed by atoms with Crippen molar-refractivity contribution in [1.29, 1.82) is 0 Å². The van der Waals surface area contributed by atoms with Gasteiger partial charge in [-0.2, -0.15) is 0 Å². The van der Waals surface area contributed by atoms with Crippen LogP contribution in [0, 0.1) is 0 Å². The molecule has 0 aliphatic heterocycles. The molecule has 26 heavy (non-hydrogen) atoms. The molecule has 3 rings (SSSR count). The summed E-state index contributed by atoms with van der Waals surface area (Å²) >= 11 is 0. The lowest BCUT2D eigenvalue weighted by atomic mass is 10.1. The predicted octanol–water partition coefficient (Wildman–Crippen LogP) is 3.91. The minimum atomic E-state index is -0.296. The van der Waals surface area contributed by atoms with Crippen LogP contribution >= 0.6 is 0 Å². The van der Waals surface area contributed by atoms with Crippen LogP contribution in [-0.4, -0.2) is 23.2 Å². The van der Waals surface area contributed by atoms with Gasteiger partial charge in [-0.05, 0) is 36.8 Å². The highest BCUT2D eigenvalue weighted by molar-refractivity contribution is 6.05. The molecular formula is C20H20N4O2. The van der Waals surface area contributed by atoms with E-state index in [9.17, 15) is 4.79 Å². The number of carbonyl (C=O) groups is 1. The highest BCUT2D eigenvalue weighted by Crippen LogP contribution is 2.20. The number of ether oxygens (including phenoxy) is 1. The number of benzene rings is 2. The van der Waals surface area contributed by atoms with E-state index in [0.717, 1.165) is 5.56 Å². The molecule has 0 aliphatic carbocycles. The Balaban J connectivity index is 1.65. The molecule has 132 valence electrons. The highest BCUT2D eigenvalue weighted by atomic mass is 16.5. The number of hydrogen-bond donors (Lipinski definition) is 2. The van der Waals surface area contributed by atoms with E-state index in [1.54, 1.807) is 30.3 Å². The monoisotopic (exact) mass is 348 g/mol. The normalized spacial score (nSPS) is 11.5. The molecule has 0 bridgehead atoms. The van der Waals surface area contributed by atoms with Crippen LogP contribution in [0.3, 0.4) is 0 Å². The van der Waals surface area contributed by atoms with Crippen LogP contribution in [0.5, 0.6) is 5.75 Å². The van der Waals surface area contributed by atoms with Gasteiger partial charge in [0, 0.05) is 6.04 Å². The standard InChI is InChI=1S/C20H20N4O2/c1-14(15-8-4-3-5-9-15)21-18-12-13-19(24-23-18)22-20(25)16-10-6-7-11-17(16)26-2/h3-14H,1-2H3,(H,21,23)(H,22,24,25). The van der Waals surface area contributed by atoms with E-state index in [1.165, 1.54) is 7.11 Å². The Labute approximate surface area is 152 Å². The van der Waals surface area contributed by atoms with Gasteiger partial charge in [0.15, 0.2) is 5.82 Å². The number of para-hydroxylation sites is 1. The van der Waals surface area contributed by atoms with E-state index < -0.39 is 0 Å². The van der Waals surface area contributed by atoms with E-state index in [4.69, 9.17) is 4.74 Å². The van der Waals surface area contributed by atoms with Crippen molar-refractivity contribution < 1.29 is 9.53 Å². The Kier molecular flexibility index (Phi) is 5.43. The minimum Gasteiger partial charge on any atom is -0.496 e. The first-order valence-corrected chi connectivity index (χ1v) is 8.27. The number of nitrogens with one attached hydrogen (secondary N) is 2. The highest BCUT2D eigenvalue weighted by Gasteiger charge is 2.12. The lowest BCUT2D eigenvalue weighted by Crippen LogP contribution is -2.15. The molecule has 3 aromatic rings. The minimum absolute atomic E-state index is 0.0968. The molecule has 6 heteroatoms. The second kappa shape index (κ2) is 8.11. The van der Waals surface area contributed by atoms with Crippen LogP contribution in [0.4, 0.5) is 11.6 Å². The molecule has 1 heterocycles. The van der Waals surface area contributed by atoms with Gasteiger partial charge >= 0.3 is 0 Å². The van der Waals surface area contributed by atoms with E-state index >= 15 is 0 Å². The maximum Gasteiger partial charge on any atom is 0.260 e. The van der Waals surface area contributed by atoms with Crippen molar-refractivity contribution in [3.63, 3.8) is 0 Å². The van der Waals surface area contributed by atoms with Crippen LogP contribution < -0.4 is 15.4 Å². The van der Waals surface area contributed by atoms with Gasteiger partial charge in [0.05, 0.1) is 12.7 Å². The first-order valence-electron chi connectivity index (χ1n) is 8.27. The van der Waals surface area contributed by atoms with Gasteiger partial charge in [-0.25, -0.2) is 0 Å². The molecule has 0 saturated heterocycles. The first-order chi connectivity index (χ1) is 12.7. The topological polar surface area (TPSA) is 76.1 Å². The molecule has 0 saturated carbocycles. The summed E-state index contributed by atoms with van der Waals surface area (Å²) in [7, 11) is 1.53. The Morgan fingerprint density at radius 1 is 0.923 bits per heavy atom. The number of aromatic nitrogens is 2. The van der Waals surface area contributed by atoms with Crippen LogP contribution in [0.2, 0.25) is 0 Å². The van der Waals surface area contributed by atoms with Crippen LogP contribution in [0.1, 0.15) is 28.9 Å². The molecule has 1 aromatic heterocycles. The molecule has 6 nitrogen and oxygen atoms in total. The van der Waals surface area contributed by atoms with E-state index in [1.807, 2.05) is 43.3 Å². The van der Waals surface area contributed by atoms with Gasteiger partial charge in [0.2, 0.25) is 0 Å². The maximum atomic E-state index is 12.4. The number of anilines is 2. The number of methoxy groups -OCH3 is 1. The van der Waals surface area contributed by atoms with E-state index in [-0.39, 0.29) is 11.9 Å². The molecule has 2 aromatic carbocycles. The Hall–Kier alpha value is -3.41. The second-order valence-electron chi connectivity index (χ2n) is 5.73. The zero-order valence-corrected chi connectivity index (χ0v) is 14.6. The molecule has 1 unspecified atom stereocenters. The number of nitrogens with zero attached hydrogens (tertiary/aromatic N) is 2. The number of carbonyl (C=O) groups excluding carboxylic acids is 1. The predicted molar refractivity (Wildman–Crippen MR) is 101 cm³/mol. The first kappa shape index (κ1) is 17.4. The van der Waals surface area contributed by atoms with Gasteiger partial charge in [0.1, 0.15) is 11.6 Å². The van der Waals surface area contributed by atoms with Crippen molar-refractivity contribution in [2.45, 2.75) is 13.0 Å². The molecule has 2 N–H and O–H groups in total.